The molecule has 3 rings (SSSR count). The molecule has 1 N–H and O–H groups in total. The molecule has 1 aliphatic rings. The average Bonchev–Trinajstić information content (AvgIpc) is 2.67. The van der Waals surface area contributed by atoms with Crippen molar-refractivity contribution in [2.45, 2.75) is 18.7 Å². The third-order valence-electron chi connectivity index (χ3n) is 4.85. The molecule has 1 fully saturated rings. The summed E-state index contributed by atoms with van der Waals surface area (Å²) in [6.07, 6.45) is 0. The van der Waals surface area contributed by atoms with Crippen LogP contribution in [-0.2, 0) is 20.8 Å². The number of nitrogens with zero attached hydrogens (tertiary/aromatic N) is 2. The number of aromatic amines is 1. The zero-order chi connectivity index (χ0) is 20.5. The van der Waals surface area contributed by atoms with Gasteiger partial charge in [-0.15, -0.1) is 0 Å². The molecule has 1 saturated heterocycles. The van der Waals surface area contributed by atoms with Crippen LogP contribution in [0.2, 0.25) is 0 Å². The van der Waals surface area contributed by atoms with E-state index in [2.05, 4.69) is 4.98 Å². The van der Waals surface area contributed by atoms with Gasteiger partial charge in [-0.1, -0.05) is 13.8 Å². The van der Waals surface area contributed by atoms with Gasteiger partial charge in [-0.2, -0.15) is 4.31 Å². The SMILES string of the molecule is CCN(CC)S(=O)(=O)c1ccc2[nH]c(=O)cc(C(=O)N3CCS(=O)CC3)c2c1. The van der Waals surface area contributed by atoms with Crippen LogP contribution in [-0.4, -0.2) is 70.4 Å². The molecule has 152 valence electrons. The lowest BCUT2D eigenvalue weighted by Crippen LogP contribution is -2.42. The van der Waals surface area contributed by atoms with E-state index in [0.717, 1.165) is 0 Å². The molecule has 1 amide bonds. The Morgan fingerprint density at radius 3 is 2.43 bits per heavy atom. The zero-order valence-corrected chi connectivity index (χ0v) is 17.4. The molecule has 2 heterocycles. The van der Waals surface area contributed by atoms with Gasteiger partial charge in [-0.25, -0.2) is 8.42 Å². The first-order valence-electron chi connectivity index (χ1n) is 9.09. The van der Waals surface area contributed by atoms with Gasteiger partial charge in [0, 0.05) is 65.5 Å². The van der Waals surface area contributed by atoms with Crippen LogP contribution in [0.4, 0.5) is 0 Å². The Kier molecular flexibility index (Phi) is 6.01. The molecule has 0 atom stereocenters. The van der Waals surface area contributed by atoms with Gasteiger partial charge in [0.05, 0.1) is 10.5 Å². The van der Waals surface area contributed by atoms with E-state index in [1.165, 1.54) is 28.6 Å². The highest BCUT2D eigenvalue weighted by atomic mass is 32.2. The van der Waals surface area contributed by atoms with Crippen LogP contribution < -0.4 is 5.56 Å². The van der Waals surface area contributed by atoms with E-state index in [4.69, 9.17) is 0 Å². The summed E-state index contributed by atoms with van der Waals surface area (Å²) in [6, 6.07) is 5.58. The summed E-state index contributed by atoms with van der Waals surface area (Å²) in [4.78, 5) is 29.3. The molecule has 28 heavy (non-hydrogen) atoms. The van der Waals surface area contributed by atoms with Crippen molar-refractivity contribution in [1.82, 2.24) is 14.2 Å². The predicted molar refractivity (Wildman–Crippen MR) is 108 cm³/mol. The number of hydrogen-bond donors (Lipinski definition) is 1. The Morgan fingerprint density at radius 1 is 1.18 bits per heavy atom. The lowest BCUT2D eigenvalue weighted by atomic mass is 10.1. The lowest BCUT2D eigenvalue weighted by molar-refractivity contribution is 0.0773. The van der Waals surface area contributed by atoms with Crippen molar-refractivity contribution >= 4 is 37.6 Å². The Bertz CT molecular complexity index is 1080. The number of amides is 1. The maximum atomic E-state index is 13.0. The summed E-state index contributed by atoms with van der Waals surface area (Å²) < 4.78 is 38.6. The summed E-state index contributed by atoms with van der Waals surface area (Å²) in [5.74, 6) is 0.438. The van der Waals surface area contributed by atoms with Gasteiger partial charge < -0.3 is 9.88 Å². The summed E-state index contributed by atoms with van der Waals surface area (Å²) in [5.41, 5.74) is 0.119. The molecular weight excluding hydrogens is 402 g/mol. The van der Waals surface area contributed by atoms with Crippen molar-refractivity contribution in [2.75, 3.05) is 37.7 Å². The van der Waals surface area contributed by atoms with E-state index in [1.807, 2.05) is 0 Å². The molecule has 8 nitrogen and oxygen atoms in total. The maximum Gasteiger partial charge on any atom is 0.254 e. The Hall–Kier alpha value is -2.04. The van der Waals surface area contributed by atoms with Crippen LogP contribution in [0.25, 0.3) is 10.9 Å². The first-order valence-corrected chi connectivity index (χ1v) is 12.0. The molecule has 1 aromatic carbocycles. The van der Waals surface area contributed by atoms with E-state index in [1.54, 1.807) is 18.7 Å². The zero-order valence-electron chi connectivity index (χ0n) is 15.8. The third kappa shape index (κ3) is 3.89. The fraction of sp³-hybridized carbons (Fsp3) is 0.444. The van der Waals surface area contributed by atoms with Crippen molar-refractivity contribution in [3.05, 3.63) is 40.2 Å². The van der Waals surface area contributed by atoms with Gasteiger partial charge in [0.1, 0.15) is 0 Å². The Morgan fingerprint density at radius 2 is 1.82 bits per heavy atom. The van der Waals surface area contributed by atoms with Gasteiger partial charge in [0.2, 0.25) is 15.6 Å². The van der Waals surface area contributed by atoms with Gasteiger partial charge in [0.25, 0.3) is 5.91 Å². The molecule has 0 aliphatic carbocycles. The monoisotopic (exact) mass is 425 g/mol. The first-order chi connectivity index (χ1) is 13.3. The second-order valence-electron chi connectivity index (χ2n) is 6.48. The van der Waals surface area contributed by atoms with Crippen molar-refractivity contribution in [2.24, 2.45) is 0 Å². The molecule has 1 aromatic heterocycles. The molecule has 0 spiro atoms. The molecule has 0 unspecified atom stereocenters. The standard InChI is InChI=1S/C18H23N3O5S2/c1-3-21(4-2)28(25,26)13-5-6-16-14(11-13)15(12-17(22)19-16)18(23)20-7-9-27(24)10-8-20/h5-6,11-12H,3-4,7-10H2,1-2H3,(H,19,22). The topological polar surface area (TPSA) is 108 Å². The van der Waals surface area contributed by atoms with Gasteiger partial charge in [0.15, 0.2) is 0 Å². The van der Waals surface area contributed by atoms with Crippen LogP contribution in [0, 0.1) is 0 Å². The number of benzene rings is 1. The van der Waals surface area contributed by atoms with Gasteiger partial charge >= 0.3 is 0 Å². The summed E-state index contributed by atoms with van der Waals surface area (Å²) >= 11 is 0. The first kappa shape index (κ1) is 20.7. The minimum Gasteiger partial charge on any atom is -0.337 e. The lowest BCUT2D eigenvalue weighted by Gasteiger charge is -2.26. The number of nitrogens with one attached hydrogen (secondary N) is 1. The average molecular weight is 426 g/mol. The number of pyridine rings is 1. The Labute approximate surface area is 166 Å². The third-order valence-corrected chi connectivity index (χ3v) is 8.17. The molecule has 2 aromatic rings. The largest absolute Gasteiger partial charge is 0.337 e. The molecule has 1 aliphatic heterocycles. The van der Waals surface area contributed by atoms with Gasteiger partial charge in [-0.05, 0) is 18.2 Å². The minimum atomic E-state index is -3.70. The van der Waals surface area contributed by atoms with E-state index in [0.29, 0.717) is 48.6 Å². The number of aromatic nitrogens is 1. The van der Waals surface area contributed by atoms with Crippen molar-refractivity contribution < 1.29 is 17.4 Å². The van der Waals surface area contributed by atoms with Crippen LogP contribution in [0.3, 0.4) is 0 Å². The number of sulfonamides is 1. The summed E-state index contributed by atoms with van der Waals surface area (Å²) in [7, 11) is -4.64. The fourth-order valence-electron chi connectivity index (χ4n) is 3.29. The molecule has 10 heteroatoms. The van der Waals surface area contributed by atoms with Crippen molar-refractivity contribution in [3.8, 4) is 0 Å². The quantitative estimate of drug-likeness (QED) is 0.761. The van der Waals surface area contributed by atoms with Crippen LogP contribution in [0.5, 0.6) is 0 Å². The van der Waals surface area contributed by atoms with Gasteiger partial charge in [-0.3, -0.25) is 13.8 Å². The second kappa shape index (κ2) is 8.14. The number of hydrogen-bond acceptors (Lipinski definition) is 5. The van der Waals surface area contributed by atoms with Crippen LogP contribution >= 0.6 is 0 Å². The highest BCUT2D eigenvalue weighted by Crippen LogP contribution is 2.24. The number of H-pyrrole nitrogens is 1. The maximum absolute atomic E-state index is 13.0. The summed E-state index contributed by atoms with van der Waals surface area (Å²) in [5, 5.41) is 0.379. The van der Waals surface area contributed by atoms with E-state index in [9.17, 15) is 22.2 Å². The van der Waals surface area contributed by atoms with Crippen LogP contribution in [0.1, 0.15) is 24.2 Å². The van der Waals surface area contributed by atoms with Crippen LogP contribution in [0.15, 0.2) is 34.0 Å². The van der Waals surface area contributed by atoms with E-state index < -0.39 is 26.4 Å². The number of carbonyl (C=O) groups excluding carboxylic acids is 1. The molecule has 0 bridgehead atoms. The number of rotatable bonds is 5. The molecular formula is C18H23N3O5S2. The van der Waals surface area contributed by atoms with Crippen molar-refractivity contribution in [3.63, 3.8) is 0 Å². The molecule has 0 saturated carbocycles. The van der Waals surface area contributed by atoms with E-state index in [-0.39, 0.29) is 16.4 Å². The van der Waals surface area contributed by atoms with Crippen molar-refractivity contribution in [1.29, 1.82) is 0 Å². The molecule has 0 radical (unpaired) electrons. The van der Waals surface area contributed by atoms with E-state index >= 15 is 0 Å². The predicted octanol–water partition coefficient (Wildman–Crippen LogP) is 0.763. The number of fused-ring (bicyclic) bond motifs is 1. The highest BCUT2D eigenvalue weighted by Gasteiger charge is 2.26. The smallest absolute Gasteiger partial charge is 0.254 e. The second-order valence-corrected chi connectivity index (χ2v) is 10.1. The normalized spacial score (nSPS) is 16.0. The summed E-state index contributed by atoms with van der Waals surface area (Å²) in [6.45, 7) is 4.87. The Balaban J connectivity index is 2.11. The highest BCUT2D eigenvalue weighted by molar-refractivity contribution is 7.89. The number of carbonyl (C=O) groups is 1. The minimum absolute atomic E-state index is 0.0737. The fourth-order valence-corrected chi connectivity index (χ4v) is 5.83.